The minimum Gasteiger partial charge on any atom is -0.396 e. The van der Waals surface area contributed by atoms with E-state index >= 15 is 0 Å². The van der Waals surface area contributed by atoms with Crippen LogP contribution in [0.3, 0.4) is 0 Å². The maximum absolute atomic E-state index is 9.66. The summed E-state index contributed by atoms with van der Waals surface area (Å²) in [7, 11) is 0. The Labute approximate surface area is 119 Å². The molecule has 0 saturated carbocycles. The summed E-state index contributed by atoms with van der Waals surface area (Å²) in [6, 6.07) is 0. The topological polar surface area (TPSA) is 71.6 Å². The summed E-state index contributed by atoms with van der Waals surface area (Å²) in [5, 5.41) is 13.7. The van der Waals surface area contributed by atoms with Gasteiger partial charge in [-0.15, -0.1) is 0 Å². The molecule has 2 atom stereocenters. The van der Waals surface area contributed by atoms with Gasteiger partial charge in [0.1, 0.15) is 0 Å². The summed E-state index contributed by atoms with van der Waals surface area (Å²) in [6.07, 6.45) is 0.823. The Morgan fingerprint density at radius 2 is 2.35 bits per heavy atom. The van der Waals surface area contributed by atoms with Crippen LogP contribution in [0.2, 0.25) is 0 Å². The minimum atomic E-state index is -0.0789. The molecule has 112 valence electrons. The van der Waals surface area contributed by atoms with E-state index in [-0.39, 0.29) is 12.0 Å². The Kier molecular flexibility index (Phi) is 3.79. The molecule has 0 spiro atoms. The van der Waals surface area contributed by atoms with Gasteiger partial charge in [0.05, 0.1) is 26.4 Å². The zero-order chi connectivity index (χ0) is 14.2. The van der Waals surface area contributed by atoms with E-state index in [2.05, 4.69) is 28.9 Å². The van der Waals surface area contributed by atoms with Crippen LogP contribution < -0.4 is 0 Å². The Morgan fingerprint density at radius 1 is 1.50 bits per heavy atom. The highest BCUT2D eigenvalue weighted by atomic mass is 16.5. The van der Waals surface area contributed by atoms with Gasteiger partial charge in [0.2, 0.25) is 5.89 Å². The fraction of sp³-hybridized carbons (Fsp3) is 0.857. The lowest BCUT2D eigenvalue weighted by Crippen LogP contribution is -2.34. The summed E-state index contributed by atoms with van der Waals surface area (Å²) in [5.41, 5.74) is -0.0789. The second kappa shape index (κ2) is 5.42. The number of aliphatic hydroxyl groups excluding tert-OH is 1. The molecule has 6 heteroatoms. The van der Waals surface area contributed by atoms with E-state index in [1.807, 2.05) is 0 Å². The maximum Gasteiger partial charge on any atom is 0.226 e. The third-order valence-corrected chi connectivity index (χ3v) is 4.36. The standard InChI is InChI=1S/C14H23N3O3/c1-10(2)3-13-15-12(16-20-13)5-17-4-11-6-19-9-14(11,7-17)8-18/h10-11,18H,3-9H2,1-2H3/t11-,14-/m0/s1. The maximum atomic E-state index is 9.66. The molecule has 1 aromatic rings. The molecule has 20 heavy (non-hydrogen) atoms. The number of fused-ring (bicyclic) bond motifs is 1. The Bertz CT molecular complexity index is 462. The van der Waals surface area contributed by atoms with Crippen LogP contribution in [0.15, 0.2) is 4.52 Å². The van der Waals surface area contributed by atoms with Gasteiger partial charge >= 0.3 is 0 Å². The molecule has 3 rings (SSSR count). The molecule has 1 aromatic heterocycles. The number of rotatable bonds is 5. The zero-order valence-electron chi connectivity index (χ0n) is 12.2. The van der Waals surface area contributed by atoms with Crippen molar-refractivity contribution in [1.82, 2.24) is 15.0 Å². The SMILES string of the molecule is CC(C)Cc1nc(CN2C[C@H]3COC[C@@]3(CO)C2)no1. The van der Waals surface area contributed by atoms with E-state index in [0.717, 1.165) is 37.8 Å². The van der Waals surface area contributed by atoms with Crippen LogP contribution in [0.4, 0.5) is 0 Å². The summed E-state index contributed by atoms with van der Waals surface area (Å²) in [4.78, 5) is 6.74. The van der Waals surface area contributed by atoms with Gasteiger partial charge < -0.3 is 14.4 Å². The number of aromatic nitrogens is 2. The van der Waals surface area contributed by atoms with Crippen molar-refractivity contribution in [3.05, 3.63) is 11.7 Å². The molecule has 2 saturated heterocycles. The highest BCUT2D eigenvalue weighted by Crippen LogP contribution is 2.41. The highest BCUT2D eigenvalue weighted by Gasteiger charge is 2.50. The predicted octanol–water partition coefficient (Wildman–Crippen LogP) is 0.709. The van der Waals surface area contributed by atoms with Crippen molar-refractivity contribution < 1.29 is 14.4 Å². The van der Waals surface area contributed by atoms with Gasteiger partial charge in [-0.3, -0.25) is 4.90 Å². The van der Waals surface area contributed by atoms with Gasteiger partial charge in [-0.2, -0.15) is 4.98 Å². The van der Waals surface area contributed by atoms with Gasteiger partial charge in [-0.25, -0.2) is 0 Å². The normalized spacial score (nSPS) is 30.3. The molecule has 0 amide bonds. The van der Waals surface area contributed by atoms with Crippen molar-refractivity contribution in [2.45, 2.75) is 26.8 Å². The third kappa shape index (κ3) is 2.60. The smallest absolute Gasteiger partial charge is 0.226 e. The molecule has 6 nitrogen and oxygen atoms in total. The van der Waals surface area contributed by atoms with Crippen molar-refractivity contribution >= 4 is 0 Å². The van der Waals surface area contributed by atoms with Crippen LogP contribution in [0.1, 0.15) is 25.6 Å². The van der Waals surface area contributed by atoms with Crippen molar-refractivity contribution in [2.75, 3.05) is 32.9 Å². The third-order valence-electron chi connectivity index (χ3n) is 4.36. The number of ether oxygens (including phenoxy) is 1. The van der Waals surface area contributed by atoms with E-state index < -0.39 is 0 Å². The lowest BCUT2D eigenvalue weighted by atomic mass is 9.82. The number of hydrogen-bond acceptors (Lipinski definition) is 6. The van der Waals surface area contributed by atoms with E-state index in [9.17, 15) is 5.11 Å². The first-order chi connectivity index (χ1) is 9.61. The molecule has 2 aliphatic rings. The Hall–Kier alpha value is -0.980. The minimum absolute atomic E-state index is 0.0789. The van der Waals surface area contributed by atoms with Crippen LogP contribution in [-0.2, 0) is 17.7 Å². The summed E-state index contributed by atoms with van der Waals surface area (Å²) >= 11 is 0. The van der Waals surface area contributed by atoms with Gasteiger partial charge in [-0.1, -0.05) is 19.0 Å². The number of hydrogen-bond donors (Lipinski definition) is 1. The van der Waals surface area contributed by atoms with E-state index in [0.29, 0.717) is 25.0 Å². The van der Waals surface area contributed by atoms with Gasteiger partial charge in [0.25, 0.3) is 0 Å². The van der Waals surface area contributed by atoms with Crippen LogP contribution in [0.25, 0.3) is 0 Å². The van der Waals surface area contributed by atoms with E-state index in [1.165, 1.54) is 0 Å². The molecule has 0 unspecified atom stereocenters. The first kappa shape index (κ1) is 14.0. The monoisotopic (exact) mass is 281 g/mol. The van der Waals surface area contributed by atoms with Crippen molar-refractivity contribution in [1.29, 1.82) is 0 Å². The van der Waals surface area contributed by atoms with Crippen molar-refractivity contribution in [2.24, 2.45) is 17.3 Å². The molecule has 2 aliphatic heterocycles. The van der Waals surface area contributed by atoms with Gasteiger partial charge in [0, 0.05) is 30.8 Å². The number of nitrogens with zero attached hydrogens (tertiary/aromatic N) is 3. The lowest BCUT2D eigenvalue weighted by molar-refractivity contribution is 0.0797. The first-order valence-electron chi connectivity index (χ1n) is 7.34. The van der Waals surface area contributed by atoms with Crippen LogP contribution in [0.5, 0.6) is 0 Å². The second-order valence-corrected chi connectivity index (χ2v) is 6.60. The molecule has 2 fully saturated rings. The molecule has 0 aliphatic carbocycles. The molecule has 1 N–H and O–H groups in total. The summed E-state index contributed by atoms with van der Waals surface area (Å²) < 4.78 is 10.8. The molecule has 0 aromatic carbocycles. The molecule has 3 heterocycles. The zero-order valence-corrected chi connectivity index (χ0v) is 12.2. The van der Waals surface area contributed by atoms with Crippen molar-refractivity contribution in [3.8, 4) is 0 Å². The van der Waals surface area contributed by atoms with Crippen LogP contribution >= 0.6 is 0 Å². The Balaban J connectivity index is 1.61. The Morgan fingerprint density at radius 3 is 3.05 bits per heavy atom. The molecule has 0 bridgehead atoms. The average molecular weight is 281 g/mol. The van der Waals surface area contributed by atoms with Gasteiger partial charge in [0.15, 0.2) is 5.82 Å². The number of aliphatic hydroxyl groups is 1. The molecular formula is C14H23N3O3. The molecular weight excluding hydrogens is 258 g/mol. The van der Waals surface area contributed by atoms with Crippen LogP contribution in [0, 0.1) is 17.3 Å². The quantitative estimate of drug-likeness (QED) is 0.857. The van der Waals surface area contributed by atoms with E-state index in [4.69, 9.17) is 9.26 Å². The summed E-state index contributed by atoms with van der Waals surface area (Å²) in [6.45, 7) is 8.36. The second-order valence-electron chi connectivity index (χ2n) is 6.60. The lowest BCUT2D eigenvalue weighted by Gasteiger charge is -2.23. The number of likely N-dealkylation sites (tertiary alicyclic amines) is 1. The van der Waals surface area contributed by atoms with E-state index in [1.54, 1.807) is 0 Å². The van der Waals surface area contributed by atoms with Crippen LogP contribution in [-0.4, -0.2) is 53.1 Å². The van der Waals surface area contributed by atoms with Crippen molar-refractivity contribution in [3.63, 3.8) is 0 Å². The van der Waals surface area contributed by atoms with Gasteiger partial charge in [-0.05, 0) is 5.92 Å². The molecule has 0 radical (unpaired) electrons. The summed E-state index contributed by atoms with van der Waals surface area (Å²) in [5.74, 6) is 2.41. The first-order valence-corrected chi connectivity index (χ1v) is 7.34. The largest absolute Gasteiger partial charge is 0.396 e. The fourth-order valence-corrected chi connectivity index (χ4v) is 3.27. The predicted molar refractivity (Wildman–Crippen MR) is 71.9 cm³/mol. The highest BCUT2D eigenvalue weighted by molar-refractivity contribution is 5.01. The fourth-order valence-electron chi connectivity index (χ4n) is 3.27. The average Bonchev–Trinajstić information content (AvgIpc) is 3.03.